The predicted octanol–water partition coefficient (Wildman–Crippen LogP) is 4.15. The minimum absolute atomic E-state index is 0.163. The van der Waals surface area contributed by atoms with Gasteiger partial charge in [0.05, 0.1) is 6.61 Å². The molecule has 1 atom stereocenters. The Labute approximate surface area is 119 Å². The van der Waals surface area contributed by atoms with Crippen molar-refractivity contribution in [2.24, 2.45) is 11.7 Å². The van der Waals surface area contributed by atoms with Crippen LogP contribution in [0.4, 0.5) is 0 Å². The van der Waals surface area contributed by atoms with Gasteiger partial charge in [-0.15, -0.1) is 0 Å². The van der Waals surface area contributed by atoms with E-state index in [1.807, 2.05) is 19.1 Å². The second kappa shape index (κ2) is 7.80. The van der Waals surface area contributed by atoms with Gasteiger partial charge in [0.15, 0.2) is 0 Å². The van der Waals surface area contributed by atoms with Gasteiger partial charge in [-0.2, -0.15) is 0 Å². The standard InChI is InChI=1S/C15H24BrNO/c1-4-12(5-2)10-18-14-6-7-15(16)13(9-14)8-11(3)17/h6-7,9,11-12H,4-5,8,10,17H2,1-3H3. The van der Waals surface area contributed by atoms with E-state index in [2.05, 4.69) is 35.8 Å². The largest absolute Gasteiger partial charge is 0.493 e. The lowest BCUT2D eigenvalue weighted by atomic mass is 10.1. The summed E-state index contributed by atoms with van der Waals surface area (Å²) in [6, 6.07) is 6.31. The molecule has 0 heterocycles. The Bertz CT molecular complexity index is 362. The molecule has 0 aliphatic carbocycles. The van der Waals surface area contributed by atoms with Gasteiger partial charge in [-0.05, 0) is 43.0 Å². The number of ether oxygens (including phenoxy) is 1. The zero-order valence-corrected chi connectivity index (χ0v) is 13.2. The molecular formula is C15H24BrNO. The molecule has 0 aliphatic rings. The first-order chi connectivity index (χ1) is 8.56. The third-order valence-corrected chi connectivity index (χ3v) is 3.97. The van der Waals surface area contributed by atoms with Gasteiger partial charge in [-0.25, -0.2) is 0 Å². The van der Waals surface area contributed by atoms with Crippen LogP contribution in [0.15, 0.2) is 22.7 Å². The molecule has 0 saturated carbocycles. The highest BCUT2D eigenvalue weighted by Crippen LogP contribution is 2.24. The van der Waals surface area contributed by atoms with Crippen molar-refractivity contribution in [2.45, 2.75) is 46.1 Å². The van der Waals surface area contributed by atoms with Gasteiger partial charge in [-0.1, -0.05) is 42.6 Å². The molecule has 102 valence electrons. The fourth-order valence-electron chi connectivity index (χ4n) is 1.88. The van der Waals surface area contributed by atoms with Crippen LogP contribution >= 0.6 is 15.9 Å². The quantitative estimate of drug-likeness (QED) is 0.820. The Morgan fingerprint density at radius 2 is 1.94 bits per heavy atom. The first-order valence-corrected chi connectivity index (χ1v) is 7.52. The minimum atomic E-state index is 0.163. The van der Waals surface area contributed by atoms with Crippen molar-refractivity contribution in [3.63, 3.8) is 0 Å². The third-order valence-electron chi connectivity index (χ3n) is 3.20. The molecule has 0 saturated heterocycles. The molecule has 0 spiro atoms. The van der Waals surface area contributed by atoms with Crippen molar-refractivity contribution in [1.29, 1.82) is 0 Å². The first kappa shape index (κ1) is 15.5. The Kier molecular flexibility index (Phi) is 6.72. The van der Waals surface area contributed by atoms with Crippen molar-refractivity contribution in [1.82, 2.24) is 0 Å². The van der Waals surface area contributed by atoms with Crippen LogP contribution in [0.1, 0.15) is 39.2 Å². The van der Waals surface area contributed by atoms with Gasteiger partial charge in [0.2, 0.25) is 0 Å². The summed E-state index contributed by atoms with van der Waals surface area (Å²) in [6.07, 6.45) is 3.20. The summed E-state index contributed by atoms with van der Waals surface area (Å²) in [4.78, 5) is 0. The van der Waals surface area contributed by atoms with Gasteiger partial charge in [-0.3, -0.25) is 0 Å². The van der Waals surface area contributed by atoms with Gasteiger partial charge in [0, 0.05) is 10.5 Å². The molecule has 3 heteroatoms. The molecule has 1 unspecified atom stereocenters. The maximum absolute atomic E-state index is 5.87. The van der Waals surface area contributed by atoms with Crippen LogP contribution in [0.5, 0.6) is 5.75 Å². The van der Waals surface area contributed by atoms with E-state index in [9.17, 15) is 0 Å². The van der Waals surface area contributed by atoms with Gasteiger partial charge >= 0.3 is 0 Å². The number of nitrogens with two attached hydrogens (primary N) is 1. The summed E-state index contributed by atoms with van der Waals surface area (Å²) in [5.41, 5.74) is 7.06. The normalized spacial score (nSPS) is 12.8. The summed E-state index contributed by atoms with van der Waals surface area (Å²) in [5.74, 6) is 1.59. The Balaban J connectivity index is 2.66. The van der Waals surface area contributed by atoms with Gasteiger partial charge < -0.3 is 10.5 Å². The Morgan fingerprint density at radius 1 is 1.28 bits per heavy atom. The van der Waals surface area contributed by atoms with Crippen LogP contribution in [0, 0.1) is 5.92 Å². The van der Waals surface area contributed by atoms with E-state index in [-0.39, 0.29) is 6.04 Å². The van der Waals surface area contributed by atoms with Crippen molar-refractivity contribution < 1.29 is 4.74 Å². The van der Waals surface area contributed by atoms with Crippen LogP contribution in [0.2, 0.25) is 0 Å². The summed E-state index contributed by atoms with van der Waals surface area (Å²) < 4.78 is 6.97. The highest BCUT2D eigenvalue weighted by molar-refractivity contribution is 9.10. The molecule has 0 radical (unpaired) electrons. The average Bonchev–Trinajstić information content (AvgIpc) is 2.33. The maximum atomic E-state index is 5.87. The van der Waals surface area contributed by atoms with Crippen molar-refractivity contribution in [2.75, 3.05) is 6.61 Å². The molecule has 0 bridgehead atoms. The summed E-state index contributed by atoms with van der Waals surface area (Å²) in [5, 5.41) is 0. The second-order valence-electron chi connectivity index (χ2n) is 4.93. The summed E-state index contributed by atoms with van der Waals surface area (Å²) in [7, 11) is 0. The molecular weight excluding hydrogens is 290 g/mol. The lowest BCUT2D eigenvalue weighted by molar-refractivity contribution is 0.240. The van der Waals surface area contributed by atoms with Crippen LogP contribution in [-0.4, -0.2) is 12.6 Å². The smallest absolute Gasteiger partial charge is 0.119 e. The number of rotatable bonds is 7. The minimum Gasteiger partial charge on any atom is -0.493 e. The lowest BCUT2D eigenvalue weighted by Gasteiger charge is -2.15. The summed E-state index contributed by atoms with van der Waals surface area (Å²) >= 11 is 3.56. The maximum Gasteiger partial charge on any atom is 0.119 e. The predicted molar refractivity (Wildman–Crippen MR) is 81.1 cm³/mol. The van der Waals surface area contributed by atoms with Crippen LogP contribution in [-0.2, 0) is 6.42 Å². The Hall–Kier alpha value is -0.540. The average molecular weight is 314 g/mol. The highest BCUT2D eigenvalue weighted by Gasteiger charge is 2.07. The molecule has 2 N–H and O–H groups in total. The van der Waals surface area contributed by atoms with Gasteiger partial charge in [0.1, 0.15) is 5.75 Å². The highest BCUT2D eigenvalue weighted by atomic mass is 79.9. The zero-order chi connectivity index (χ0) is 13.5. The molecule has 0 amide bonds. The van der Waals surface area contributed by atoms with E-state index < -0.39 is 0 Å². The van der Waals surface area contributed by atoms with E-state index in [1.165, 1.54) is 18.4 Å². The number of benzene rings is 1. The third kappa shape index (κ3) is 4.99. The monoisotopic (exact) mass is 313 g/mol. The van der Waals surface area contributed by atoms with E-state index >= 15 is 0 Å². The van der Waals surface area contributed by atoms with E-state index in [0.717, 1.165) is 23.2 Å². The fraction of sp³-hybridized carbons (Fsp3) is 0.600. The molecule has 18 heavy (non-hydrogen) atoms. The molecule has 1 aromatic rings. The Morgan fingerprint density at radius 3 is 2.50 bits per heavy atom. The lowest BCUT2D eigenvalue weighted by Crippen LogP contribution is -2.18. The van der Waals surface area contributed by atoms with Crippen molar-refractivity contribution in [3.8, 4) is 5.75 Å². The van der Waals surface area contributed by atoms with E-state index in [0.29, 0.717) is 5.92 Å². The molecule has 1 rings (SSSR count). The zero-order valence-electron chi connectivity index (χ0n) is 11.6. The number of hydrogen-bond donors (Lipinski definition) is 1. The van der Waals surface area contributed by atoms with Crippen molar-refractivity contribution in [3.05, 3.63) is 28.2 Å². The molecule has 0 fully saturated rings. The van der Waals surface area contributed by atoms with Crippen molar-refractivity contribution >= 4 is 15.9 Å². The van der Waals surface area contributed by atoms with Crippen LogP contribution < -0.4 is 10.5 Å². The number of hydrogen-bond acceptors (Lipinski definition) is 2. The van der Waals surface area contributed by atoms with E-state index in [4.69, 9.17) is 10.5 Å². The van der Waals surface area contributed by atoms with Gasteiger partial charge in [0.25, 0.3) is 0 Å². The second-order valence-corrected chi connectivity index (χ2v) is 5.78. The van der Waals surface area contributed by atoms with E-state index in [1.54, 1.807) is 0 Å². The SMILES string of the molecule is CCC(CC)COc1ccc(Br)c(CC(C)N)c1. The van der Waals surface area contributed by atoms with Crippen LogP contribution in [0.25, 0.3) is 0 Å². The molecule has 1 aromatic carbocycles. The van der Waals surface area contributed by atoms with Crippen LogP contribution in [0.3, 0.4) is 0 Å². The summed E-state index contributed by atoms with van der Waals surface area (Å²) in [6.45, 7) is 7.23. The first-order valence-electron chi connectivity index (χ1n) is 6.73. The topological polar surface area (TPSA) is 35.2 Å². The molecule has 2 nitrogen and oxygen atoms in total. The molecule has 0 aromatic heterocycles. The molecule has 0 aliphatic heterocycles. The number of halogens is 1. The fourth-order valence-corrected chi connectivity index (χ4v) is 2.29.